The van der Waals surface area contributed by atoms with Crippen LogP contribution in [0, 0.1) is 5.92 Å². The van der Waals surface area contributed by atoms with E-state index < -0.39 is 6.10 Å². The molecule has 63 heavy (non-hydrogen) atoms. The summed E-state index contributed by atoms with van der Waals surface area (Å²) < 4.78 is 16.8. The summed E-state index contributed by atoms with van der Waals surface area (Å²) in [6, 6.07) is 0. The van der Waals surface area contributed by atoms with Gasteiger partial charge in [0, 0.05) is 19.3 Å². The molecule has 6 heteroatoms. The van der Waals surface area contributed by atoms with Crippen LogP contribution in [0.1, 0.15) is 323 Å². The predicted molar refractivity (Wildman–Crippen MR) is 270 cm³/mol. The van der Waals surface area contributed by atoms with E-state index in [1.54, 1.807) is 0 Å². The molecule has 0 fully saturated rings. The Morgan fingerprint density at radius 2 is 0.556 bits per heavy atom. The SMILES string of the molecule is CCCCCCCCCCCCCCCCC(=O)O[C@H](COC(=O)CCCCCCCCCCC)COC(=O)CCCCCCCCCCCCCCCCCCCCC(C)CC. The molecule has 0 amide bonds. The minimum absolute atomic E-state index is 0.0621. The summed E-state index contributed by atoms with van der Waals surface area (Å²) in [4.78, 5) is 38.0. The van der Waals surface area contributed by atoms with Crippen molar-refractivity contribution in [3.8, 4) is 0 Å². The third-order valence-electron chi connectivity index (χ3n) is 13.4. The van der Waals surface area contributed by atoms with Crippen molar-refractivity contribution in [2.45, 2.75) is 329 Å². The van der Waals surface area contributed by atoms with Crippen molar-refractivity contribution in [2.75, 3.05) is 13.2 Å². The monoisotopic (exact) mass is 891 g/mol. The molecule has 0 aromatic heterocycles. The van der Waals surface area contributed by atoms with Gasteiger partial charge in [-0.3, -0.25) is 14.4 Å². The number of carbonyl (C=O) groups excluding carboxylic acids is 3. The first-order chi connectivity index (χ1) is 30.9. The highest BCUT2D eigenvalue weighted by Crippen LogP contribution is 2.18. The number of hydrogen-bond acceptors (Lipinski definition) is 6. The van der Waals surface area contributed by atoms with Crippen LogP contribution in [0.3, 0.4) is 0 Å². The molecule has 2 atom stereocenters. The largest absolute Gasteiger partial charge is 0.462 e. The zero-order valence-corrected chi connectivity index (χ0v) is 43.0. The molecule has 0 spiro atoms. The van der Waals surface area contributed by atoms with Crippen molar-refractivity contribution in [2.24, 2.45) is 5.92 Å². The lowest BCUT2D eigenvalue weighted by Crippen LogP contribution is -2.30. The van der Waals surface area contributed by atoms with Crippen LogP contribution in [-0.2, 0) is 28.6 Å². The van der Waals surface area contributed by atoms with E-state index in [1.165, 1.54) is 218 Å². The van der Waals surface area contributed by atoms with Crippen molar-refractivity contribution in [1.29, 1.82) is 0 Å². The Hall–Kier alpha value is -1.59. The van der Waals surface area contributed by atoms with E-state index in [0.717, 1.165) is 63.7 Å². The van der Waals surface area contributed by atoms with Crippen LogP contribution in [-0.4, -0.2) is 37.2 Å². The molecule has 374 valence electrons. The maximum atomic E-state index is 12.8. The van der Waals surface area contributed by atoms with Gasteiger partial charge in [-0.15, -0.1) is 0 Å². The molecular weight excluding hydrogens is 781 g/mol. The van der Waals surface area contributed by atoms with Crippen LogP contribution < -0.4 is 0 Å². The summed E-state index contributed by atoms with van der Waals surface area (Å²) >= 11 is 0. The Labute approximate surface area is 393 Å². The number of ether oxygens (including phenoxy) is 3. The summed E-state index contributed by atoms with van der Waals surface area (Å²) in [5.41, 5.74) is 0. The van der Waals surface area contributed by atoms with Gasteiger partial charge in [-0.25, -0.2) is 0 Å². The quantitative estimate of drug-likeness (QED) is 0.0344. The van der Waals surface area contributed by atoms with E-state index in [-0.39, 0.29) is 31.1 Å². The topological polar surface area (TPSA) is 78.9 Å². The van der Waals surface area contributed by atoms with Crippen LogP contribution >= 0.6 is 0 Å². The molecule has 0 aromatic rings. The van der Waals surface area contributed by atoms with E-state index in [0.29, 0.717) is 19.3 Å². The number of hydrogen-bond donors (Lipinski definition) is 0. The first-order valence-electron chi connectivity index (χ1n) is 28.4. The highest BCUT2D eigenvalue weighted by atomic mass is 16.6. The average molecular weight is 892 g/mol. The summed E-state index contributed by atoms with van der Waals surface area (Å²) in [6.45, 7) is 9.08. The van der Waals surface area contributed by atoms with Gasteiger partial charge in [0.1, 0.15) is 13.2 Å². The zero-order valence-electron chi connectivity index (χ0n) is 43.0. The third kappa shape index (κ3) is 49.7. The standard InChI is InChI=1S/C57H110O6/c1-5-8-10-12-14-16-17-18-26-30-34-38-42-46-50-57(60)63-54(51-61-55(58)48-44-40-36-31-15-13-11-9-6-2)52-62-56(59)49-45-41-37-33-29-27-24-22-20-19-21-23-25-28-32-35-39-43-47-53(4)7-3/h53-54H,5-52H2,1-4H3/t53?,54-/m1/s1. The maximum absolute atomic E-state index is 12.8. The first-order valence-corrected chi connectivity index (χ1v) is 28.4. The Balaban J connectivity index is 4.16. The van der Waals surface area contributed by atoms with Crippen molar-refractivity contribution >= 4 is 17.9 Å². The number of carbonyl (C=O) groups is 3. The number of esters is 3. The van der Waals surface area contributed by atoms with E-state index in [9.17, 15) is 14.4 Å². The molecule has 0 radical (unpaired) electrons. The Morgan fingerprint density at radius 1 is 0.317 bits per heavy atom. The molecule has 0 N–H and O–H groups in total. The molecule has 0 saturated heterocycles. The smallest absolute Gasteiger partial charge is 0.306 e. The second-order valence-electron chi connectivity index (χ2n) is 19.8. The number of rotatable bonds is 52. The Kier molecular flexibility index (Phi) is 50.1. The van der Waals surface area contributed by atoms with E-state index in [4.69, 9.17) is 14.2 Å². The van der Waals surface area contributed by atoms with Crippen molar-refractivity contribution < 1.29 is 28.6 Å². The van der Waals surface area contributed by atoms with Gasteiger partial charge in [0.25, 0.3) is 0 Å². The average Bonchev–Trinajstić information content (AvgIpc) is 3.28. The minimum Gasteiger partial charge on any atom is -0.462 e. The van der Waals surface area contributed by atoms with Crippen molar-refractivity contribution in [3.05, 3.63) is 0 Å². The van der Waals surface area contributed by atoms with Gasteiger partial charge in [0.2, 0.25) is 0 Å². The molecular formula is C57H110O6. The van der Waals surface area contributed by atoms with Crippen LogP contribution in [0.25, 0.3) is 0 Å². The normalized spacial score (nSPS) is 12.4. The molecule has 0 aliphatic carbocycles. The minimum atomic E-state index is -0.760. The summed E-state index contributed by atoms with van der Waals surface area (Å²) in [6.07, 6.45) is 55.2. The Bertz CT molecular complexity index is 951. The fourth-order valence-corrected chi connectivity index (χ4v) is 8.72. The molecule has 1 unspecified atom stereocenters. The zero-order chi connectivity index (χ0) is 45.9. The second-order valence-corrected chi connectivity index (χ2v) is 19.8. The summed E-state index contributed by atoms with van der Waals surface area (Å²) in [7, 11) is 0. The first kappa shape index (κ1) is 61.4. The lowest BCUT2D eigenvalue weighted by atomic mass is 9.99. The summed E-state index contributed by atoms with van der Waals surface area (Å²) in [5.74, 6) is 0.0692. The highest BCUT2D eigenvalue weighted by molar-refractivity contribution is 5.71. The molecule has 6 nitrogen and oxygen atoms in total. The molecule has 0 rings (SSSR count). The van der Waals surface area contributed by atoms with Gasteiger partial charge in [-0.05, 0) is 25.2 Å². The van der Waals surface area contributed by atoms with Gasteiger partial charge in [-0.2, -0.15) is 0 Å². The van der Waals surface area contributed by atoms with E-state index in [2.05, 4.69) is 27.7 Å². The highest BCUT2D eigenvalue weighted by Gasteiger charge is 2.19. The van der Waals surface area contributed by atoms with E-state index in [1.807, 2.05) is 0 Å². The van der Waals surface area contributed by atoms with Crippen molar-refractivity contribution in [3.63, 3.8) is 0 Å². The lowest BCUT2D eigenvalue weighted by molar-refractivity contribution is -0.167. The third-order valence-corrected chi connectivity index (χ3v) is 13.4. The van der Waals surface area contributed by atoms with Crippen LogP contribution in [0.15, 0.2) is 0 Å². The molecule has 0 bridgehead atoms. The fourth-order valence-electron chi connectivity index (χ4n) is 8.72. The van der Waals surface area contributed by atoms with Gasteiger partial charge < -0.3 is 14.2 Å². The molecule has 0 aromatic carbocycles. The van der Waals surface area contributed by atoms with Crippen LogP contribution in [0.4, 0.5) is 0 Å². The molecule has 0 heterocycles. The predicted octanol–water partition coefficient (Wildman–Crippen LogP) is 18.6. The molecule has 0 aliphatic heterocycles. The fraction of sp³-hybridized carbons (Fsp3) is 0.947. The van der Waals surface area contributed by atoms with Gasteiger partial charge in [-0.1, -0.05) is 285 Å². The van der Waals surface area contributed by atoms with Crippen LogP contribution in [0.5, 0.6) is 0 Å². The van der Waals surface area contributed by atoms with Crippen molar-refractivity contribution in [1.82, 2.24) is 0 Å². The van der Waals surface area contributed by atoms with Gasteiger partial charge >= 0.3 is 17.9 Å². The summed E-state index contributed by atoms with van der Waals surface area (Å²) in [5, 5.41) is 0. The molecule has 0 saturated carbocycles. The maximum Gasteiger partial charge on any atom is 0.306 e. The van der Waals surface area contributed by atoms with Gasteiger partial charge in [0.05, 0.1) is 0 Å². The Morgan fingerprint density at radius 3 is 0.825 bits per heavy atom. The van der Waals surface area contributed by atoms with E-state index >= 15 is 0 Å². The lowest BCUT2D eigenvalue weighted by Gasteiger charge is -2.18. The van der Waals surface area contributed by atoms with Gasteiger partial charge in [0.15, 0.2) is 6.10 Å². The van der Waals surface area contributed by atoms with Crippen LogP contribution in [0.2, 0.25) is 0 Å². The second kappa shape index (κ2) is 51.4. The number of unbranched alkanes of at least 4 members (excludes halogenated alkanes) is 38. The molecule has 0 aliphatic rings.